The second kappa shape index (κ2) is 7.26. The highest BCUT2D eigenvalue weighted by atomic mass is 16.2. The Labute approximate surface area is 129 Å². The summed E-state index contributed by atoms with van der Waals surface area (Å²) in [6.07, 6.45) is 0.319. The standard InChI is InChI=1S/C17H19N3O2/c1-12-6-3-4-7-13(12)10-16(21)19-14-8-5-9-15(11-14)20-17(22)18-2/h3-9,11H,10H2,1-2H3,(H,19,21)(H2,18,20,22). The maximum absolute atomic E-state index is 12.1. The molecular weight excluding hydrogens is 278 g/mol. The van der Waals surface area contributed by atoms with Crippen molar-refractivity contribution in [1.29, 1.82) is 0 Å². The van der Waals surface area contributed by atoms with E-state index in [9.17, 15) is 9.59 Å². The van der Waals surface area contributed by atoms with Crippen LogP contribution in [0.15, 0.2) is 48.5 Å². The van der Waals surface area contributed by atoms with Crippen molar-refractivity contribution < 1.29 is 9.59 Å². The summed E-state index contributed by atoms with van der Waals surface area (Å²) in [5, 5.41) is 7.98. The Morgan fingerprint density at radius 3 is 2.32 bits per heavy atom. The number of hydrogen-bond donors (Lipinski definition) is 3. The van der Waals surface area contributed by atoms with Crippen LogP contribution in [-0.2, 0) is 11.2 Å². The van der Waals surface area contributed by atoms with Gasteiger partial charge < -0.3 is 16.0 Å². The highest BCUT2D eigenvalue weighted by Gasteiger charge is 2.07. The average Bonchev–Trinajstić information content (AvgIpc) is 2.50. The summed E-state index contributed by atoms with van der Waals surface area (Å²) in [7, 11) is 1.54. The smallest absolute Gasteiger partial charge is 0.318 e. The SMILES string of the molecule is CNC(=O)Nc1cccc(NC(=O)Cc2ccccc2C)c1. The lowest BCUT2D eigenvalue weighted by atomic mass is 10.1. The minimum absolute atomic E-state index is 0.0913. The second-order valence-electron chi connectivity index (χ2n) is 4.94. The minimum Gasteiger partial charge on any atom is -0.341 e. The van der Waals surface area contributed by atoms with Crippen LogP contribution in [-0.4, -0.2) is 19.0 Å². The molecule has 0 bridgehead atoms. The topological polar surface area (TPSA) is 70.2 Å². The van der Waals surface area contributed by atoms with Gasteiger partial charge in [0.1, 0.15) is 0 Å². The van der Waals surface area contributed by atoms with Gasteiger partial charge in [0.15, 0.2) is 0 Å². The van der Waals surface area contributed by atoms with Crippen LogP contribution in [0, 0.1) is 6.92 Å². The number of benzene rings is 2. The van der Waals surface area contributed by atoms with E-state index in [4.69, 9.17) is 0 Å². The number of carbonyl (C=O) groups is 2. The maximum atomic E-state index is 12.1. The van der Waals surface area contributed by atoms with Crippen molar-refractivity contribution in [3.63, 3.8) is 0 Å². The fourth-order valence-corrected chi connectivity index (χ4v) is 2.05. The van der Waals surface area contributed by atoms with E-state index in [0.717, 1.165) is 11.1 Å². The number of rotatable bonds is 4. The quantitative estimate of drug-likeness (QED) is 0.812. The highest BCUT2D eigenvalue weighted by molar-refractivity contribution is 5.94. The molecule has 0 radical (unpaired) electrons. The van der Waals surface area contributed by atoms with Crippen molar-refractivity contribution >= 4 is 23.3 Å². The van der Waals surface area contributed by atoms with Crippen LogP contribution in [0.3, 0.4) is 0 Å². The normalized spacial score (nSPS) is 9.91. The van der Waals surface area contributed by atoms with Crippen LogP contribution in [0.1, 0.15) is 11.1 Å². The largest absolute Gasteiger partial charge is 0.341 e. The number of anilines is 2. The first-order chi connectivity index (χ1) is 10.6. The monoisotopic (exact) mass is 297 g/mol. The Bertz CT molecular complexity index is 683. The zero-order valence-corrected chi connectivity index (χ0v) is 12.6. The molecule has 114 valence electrons. The lowest BCUT2D eigenvalue weighted by molar-refractivity contribution is -0.115. The Morgan fingerprint density at radius 2 is 1.64 bits per heavy atom. The van der Waals surface area contributed by atoms with Gasteiger partial charge in [-0.25, -0.2) is 4.79 Å². The lowest BCUT2D eigenvalue weighted by Crippen LogP contribution is -2.24. The van der Waals surface area contributed by atoms with Gasteiger partial charge in [-0.3, -0.25) is 4.79 Å². The van der Waals surface area contributed by atoms with Gasteiger partial charge in [-0.05, 0) is 36.2 Å². The fraction of sp³-hybridized carbons (Fsp3) is 0.176. The molecule has 22 heavy (non-hydrogen) atoms. The molecule has 2 aromatic rings. The van der Waals surface area contributed by atoms with E-state index in [2.05, 4.69) is 16.0 Å². The van der Waals surface area contributed by atoms with Gasteiger partial charge in [0, 0.05) is 18.4 Å². The molecule has 5 nitrogen and oxygen atoms in total. The van der Waals surface area contributed by atoms with E-state index in [1.54, 1.807) is 31.3 Å². The maximum Gasteiger partial charge on any atom is 0.318 e. The van der Waals surface area contributed by atoms with Crippen molar-refractivity contribution in [2.24, 2.45) is 0 Å². The summed E-state index contributed by atoms with van der Waals surface area (Å²) in [5.41, 5.74) is 3.35. The number of urea groups is 1. The molecule has 2 rings (SSSR count). The van der Waals surface area contributed by atoms with Crippen LogP contribution in [0.25, 0.3) is 0 Å². The van der Waals surface area contributed by atoms with Crippen LogP contribution in [0.2, 0.25) is 0 Å². The summed E-state index contributed by atoms with van der Waals surface area (Å²) in [6.45, 7) is 1.98. The zero-order valence-electron chi connectivity index (χ0n) is 12.6. The lowest BCUT2D eigenvalue weighted by Gasteiger charge is -2.09. The number of carbonyl (C=O) groups excluding carboxylic acids is 2. The fourth-order valence-electron chi connectivity index (χ4n) is 2.05. The Balaban J connectivity index is 2.01. The molecule has 3 N–H and O–H groups in total. The van der Waals surface area contributed by atoms with Crippen LogP contribution in [0.4, 0.5) is 16.2 Å². The van der Waals surface area contributed by atoms with Crippen molar-refractivity contribution in [3.8, 4) is 0 Å². The average molecular weight is 297 g/mol. The molecule has 3 amide bonds. The molecule has 0 aliphatic heterocycles. The first-order valence-corrected chi connectivity index (χ1v) is 7.01. The van der Waals surface area contributed by atoms with Gasteiger partial charge in [0.05, 0.1) is 6.42 Å². The molecule has 5 heteroatoms. The molecule has 0 unspecified atom stereocenters. The van der Waals surface area contributed by atoms with E-state index >= 15 is 0 Å². The third kappa shape index (κ3) is 4.34. The van der Waals surface area contributed by atoms with Crippen LogP contribution < -0.4 is 16.0 Å². The zero-order chi connectivity index (χ0) is 15.9. The van der Waals surface area contributed by atoms with Gasteiger partial charge >= 0.3 is 6.03 Å². The molecule has 0 saturated carbocycles. The van der Waals surface area contributed by atoms with Crippen LogP contribution >= 0.6 is 0 Å². The van der Waals surface area contributed by atoms with Gasteiger partial charge in [-0.2, -0.15) is 0 Å². The Morgan fingerprint density at radius 1 is 0.955 bits per heavy atom. The summed E-state index contributed by atoms with van der Waals surface area (Å²) < 4.78 is 0. The predicted molar refractivity (Wildman–Crippen MR) is 88.0 cm³/mol. The summed E-state index contributed by atoms with van der Waals surface area (Å²) >= 11 is 0. The number of aryl methyl sites for hydroxylation is 1. The first-order valence-electron chi connectivity index (χ1n) is 7.01. The van der Waals surface area contributed by atoms with Crippen molar-refractivity contribution in [2.75, 3.05) is 17.7 Å². The van der Waals surface area contributed by atoms with E-state index in [0.29, 0.717) is 17.8 Å². The van der Waals surface area contributed by atoms with E-state index < -0.39 is 0 Å². The third-order valence-corrected chi connectivity index (χ3v) is 3.24. The molecule has 0 aliphatic carbocycles. The van der Waals surface area contributed by atoms with Crippen molar-refractivity contribution in [3.05, 3.63) is 59.7 Å². The summed E-state index contributed by atoms with van der Waals surface area (Å²) in [5.74, 6) is -0.0913. The second-order valence-corrected chi connectivity index (χ2v) is 4.94. The highest BCUT2D eigenvalue weighted by Crippen LogP contribution is 2.16. The molecule has 0 saturated heterocycles. The third-order valence-electron chi connectivity index (χ3n) is 3.24. The number of hydrogen-bond acceptors (Lipinski definition) is 2. The molecule has 0 fully saturated rings. The summed E-state index contributed by atoms with van der Waals surface area (Å²) in [4.78, 5) is 23.4. The molecule has 0 heterocycles. The number of amides is 3. The molecule has 2 aromatic carbocycles. The van der Waals surface area contributed by atoms with Crippen LogP contribution in [0.5, 0.6) is 0 Å². The van der Waals surface area contributed by atoms with Gasteiger partial charge in [0.2, 0.25) is 5.91 Å². The molecule has 0 spiro atoms. The minimum atomic E-state index is -0.302. The molecule has 0 aliphatic rings. The Hall–Kier alpha value is -2.82. The summed E-state index contributed by atoms with van der Waals surface area (Å²) in [6, 6.07) is 14.5. The number of nitrogens with one attached hydrogen (secondary N) is 3. The Kier molecular flexibility index (Phi) is 5.14. The predicted octanol–water partition coefficient (Wildman–Crippen LogP) is 2.93. The van der Waals surface area contributed by atoms with E-state index in [1.807, 2.05) is 31.2 Å². The van der Waals surface area contributed by atoms with Gasteiger partial charge in [-0.1, -0.05) is 30.3 Å². The van der Waals surface area contributed by atoms with E-state index in [1.165, 1.54) is 0 Å². The van der Waals surface area contributed by atoms with Crippen molar-refractivity contribution in [1.82, 2.24) is 5.32 Å². The van der Waals surface area contributed by atoms with Gasteiger partial charge in [0.25, 0.3) is 0 Å². The molecular formula is C17H19N3O2. The first kappa shape index (κ1) is 15.6. The molecule has 0 atom stereocenters. The molecule has 0 aromatic heterocycles. The van der Waals surface area contributed by atoms with Gasteiger partial charge in [-0.15, -0.1) is 0 Å². The van der Waals surface area contributed by atoms with E-state index in [-0.39, 0.29) is 11.9 Å². The van der Waals surface area contributed by atoms with Crippen molar-refractivity contribution in [2.45, 2.75) is 13.3 Å².